The number of piperidine rings is 2. The van der Waals surface area contributed by atoms with E-state index in [4.69, 9.17) is 0 Å². The lowest BCUT2D eigenvalue weighted by atomic mass is 9.64. The second-order valence-electron chi connectivity index (χ2n) is 7.61. The van der Waals surface area contributed by atoms with Gasteiger partial charge in [-0.05, 0) is 51.1 Å². The molecular formula is C16H28N2O2. The fourth-order valence-electron chi connectivity index (χ4n) is 4.13. The highest BCUT2D eigenvalue weighted by atomic mass is 16.3. The van der Waals surface area contributed by atoms with E-state index < -0.39 is 0 Å². The van der Waals surface area contributed by atoms with E-state index in [0.29, 0.717) is 11.8 Å². The number of hydrogen-bond acceptors (Lipinski definition) is 3. The Morgan fingerprint density at radius 2 is 1.75 bits per heavy atom. The second-order valence-corrected chi connectivity index (χ2v) is 7.61. The molecule has 0 aromatic rings. The van der Waals surface area contributed by atoms with E-state index in [-0.39, 0.29) is 17.4 Å². The van der Waals surface area contributed by atoms with E-state index in [0.717, 1.165) is 51.9 Å². The summed E-state index contributed by atoms with van der Waals surface area (Å²) in [7, 11) is 2.14. The molecule has 2 heterocycles. The van der Waals surface area contributed by atoms with Gasteiger partial charge in [-0.3, -0.25) is 4.79 Å². The number of likely N-dealkylation sites (tertiary alicyclic amines) is 2. The van der Waals surface area contributed by atoms with Gasteiger partial charge in [-0.25, -0.2) is 0 Å². The van der Waals surface area contributed by atoms with Crippen LogP contribution < -0.4 is 0 Å². The van der Waals surface area contributed by atoms with Gasteiger partial charge in [0.15, 0.2) is 0 Å². The first-order valence-corrected chi connectivity index (χ1v) is 8.08. The molecule has 114 valence electrons. The number of carbonyl (C=O) groups excluding carboxylic acids is 1. The van der Waals surface area contributed by atoms with Crippen molar-refractivity contribution in [1.82, 2.24) is 9.80 Å². The lowest BCUT2D eigenvalue weighted by Gasteiger charge is -2.51. The van der Waals surface area contributed by atoms with Crippen LogP contribution in [0.25, 0.3) is 0 Å². The maximum absolute atomic E-state index is 12.4. The van der Waals surface area contributed by atoms with Gasteiger partial charge in [-0.15, -0.1) is 0 Å². The topological polar surface area (TPSA) is 43.8 Å². The molecule has 0 bridgehead atoms. The molecule has 4 heteroatoms. The van der Waals surface area contributed by atoms with Crippen molar-refractivity contribution in [3.63, 3.8) is 0 Å². The molecule has 1 spiro atoms. The second kappa shape index (κ2) is 4.99. The molecule has 1 aliphatic carbocycles. The number of carbonyl (C=O) groups is 1. The van der Waals surface area contributed by atoms with E-state index >= 15 is 0 Å². The van der Waals surface area contributed by atoms with Crippen LogP contribution in [0.2, 0.25) is 0 Å². The summed E-state index contributed by atoms with van der Waals surface area (Å²) in [6.45, 7) is 6.31. The molecule has 0 aromatic carbocycles. The van der Waals surface area contributed by atoms with Crippen molar-refractivity contribution in [1.29, 1.82) is 0 Å². The van der Waals surface area contributed by atoms with Gasteiger partial charge in [0.2, 0.25) is 5.91 Å². The Hall–Kier alpha value is -0.610. The first-order chi connectivity index (χ1) is 9.49. The normalized spacial score (nSPS) is 32.4. The molecule has 4 nitrogen and oxygen atoms in total. The van der Waals surface area contributed by atoms with Crippen molar-refractivity contribution in [2.24, 2.45) is 16.7 Å². The van der Waals surface area contributed by atoms with Gasteiger partial charge in [0.25, 0.3) is 0 Å². The average molecular weight is 280 g/mol. The molecule has 1 saturated carbocycles. The van der Waals surface area contributed by atoms with E-state index in [2.05, 4.69) is 23.8 Å². The molecule has 1 atom stereocenters. The molecule has 0 radical (unpaired) electrons. The minimum absolute atomic E-state index is 0.0341. The maximum atomic E-state index is 12.4. The van der Waals surface area contributed by atoms with Crippen LogP contribution in [0.5, 0.6) is 0 Å². The Morgan fingerprint density at radius 1 is 1.15 bits per heavy atom. The van der Waals surface area contributed by atoms with Gasteiger partial charge >= 0.3 is 0 Å². The Balaban J connectivity index is 1.63. The Kier molecular flexibility index (Phi) is 3.57. The minimum atomic E-state index is -0.0341. The van der Waals surface area contributed by atoms with Gasteiger partial charge in [0, 0.05) is 37.6 Å². The summed E-state index contributed by atoms with van der Waals surface area (Å²) in [6, 6.07) is 0. The highest BCUT2D eigenvalue weighted by Crippen LogP contribution is 2.49. The first-order valence-electron chi connectivity index (χ1n) is 8.08. The summed E-state index contributed by atoms with van der Waals surface area (Å²) in [4.78, 5) is 16.8. The van der Waals surface area contributed by atoms with Crippen LogP contribution in [0.1, 0.15) is 39.0 Å². The quantitative estimate of drug-likeness (QED) is 0.830. The largest absolute Gasteiger partial charge is 0.396 e. The van der Waals surface area contributed by atoms with Gasteiger partial charge in [-0.1, -0.05) is 6.92 Å². The zero-order valence-corrected chi connectivity index (χ0v) is 12.9. The first kappa shape index (κ1) is 14.3. The minimum Gasteiger partial charge on any atom is -0.396 e. The number of aliphatic hydroxyl groups is 1. The van der Waals surface area contributed by atoms with Crippen molar-refractivity contribution in [3.05, 3.63) is 0 Å². The van der Waals surface area contributed by atoms with Crippen LogP contribution in [0.15, 0.2) is 0 Å². The SMILES string of the molecule is CN1CCC2(CCN(C(=O)C3(C)CC3)CC2)C(CO)C1. The van der Waals surface area contributed by atoms with E-state index in [1.165, 1.54) is 6.42 Å². The van der Waals surface area contributed by atoms with Gasteiger partial charge < -0.3 is 14.9 Å². The van der Waals surface area contributed by atoms with Crippen LogP contribution in [0, 0.1) is 16.7 Å². The summed E-state index contributed by atoms with van der Waals surface area (Å²) in [5.74, 6) is 0.760. The maximum Gasteiger partial charge on any atom is 0.228 e. The van der Waals surface area contributed by atoms with E-state index in [1.807, 2.05) is 0 Å². The smallest absolute Gasteiger partial charge is 0.228 e. The summed E-state index contributed by atoms with van der Waals surface area (Å²) >= 11 is 0. The lowest BCUT2D eigenvalue weighted by molar-refractivity contribution is -0.140. The molecule has 1 N–H and O–H groups in total. The molecule has 3 rings (SSSR count). The van der Waals surface area contributed by atoms with E-state index in [9.17, 15) is 9.90 Å². The number of aliphatic hydroxyl groups excluding tert-OH is 1. The van der Waals surface area contributed by atoms with Crippen LogP contribution in [0.4, 0.5) is 0 Å². The molecule has 2 saturated heterocycles. The average Bonchev–Trinajstić information content (AvgIpc) is 3.21. The summed E-state index contributed by atoms with van der Waals surface area (Å²) in [6.07, 6.45) is 5.46. The summed E-state index contributed by atoms with van der Waals surface area (Å²) in [5.41, 5.74) is 0.246. The number of hydrogen-bond donors (Lipinski definition) is 1. The third-order valence-electron chi connectivity index (χ3n) is 6.17. The molecule has 1 amide bonds. The molecular weight excluding hydrogens is 252 g/mol. The van der Waals surface area contributed by atoms with Gasteiger partial charge in [0.05, 0.1) is 0 Å². The van der Waals surface area contributed by atoms with Crippen molar-refractivity contribution >= 4 is 5.91 Å². The third kappa shape index (κ3) is 2.37. The summed E-state index contributed by atoms with van der Waals surface area (Å²) in [5, 5.41) is 9.73. The molecule has 20 heavy (non-hydrogen) atoms. The fraction of sp³-hybridized carbons (Fsp3) is 0.938. The number of nitrogens with zero attached hydrogens (tertiary/aromatic N) is 2. The van der Waals surface area contributed by atoms with Crippen molar-refractivity contribution < 1.29 is 9.90 Å². The van der Waals surface area contributed by atoms with Crippen LogP contribution in [-0.4, -0.2) is 60.6 Å². The van der Waals surface area contributed by atoms with Gasteiger partial charge in [-0.2, -0.15) is 0 Å². The molecule has 3 aliphatic rings. The van der Waals surface area contributed by atoms with Crippen LogP contribution in [-0.2, 0) is 4.79 Å². The van der Waals surface area contributed by atoms with Crippen LogP contribution in [0.3, 0.4) is 0 Å². The third-order valence-corrected chi connectivity index (χ3v) is 6.17. The fourth-order valence-corrected chi connectivity index (χ4v) is 4.13. The predicted molar refractivity (Wildman–Crippen MR) is 78.3 cm³/mol. The molecule has 1 unspecified atom stereocenters. The Bertz CT molecular complexity index is 384. The van der Waals surface area contributed by atoms with Gasteiger partial charge in [0.1, 0.15) is 0 Å². The zero-order valence-electron chi connectivity index (χ0n) is 12.9. The van der Waals surface area contributed by atoms with E-state index in [1.54, 1.807) is 0 Å². The number of amides is 1. The molecule has 3 fully saturated rings. The van der Waals surface area contributed by atoms with Crippen LogP contribution >= 0.6 is 0 Å². The van der Waals surface area contributed by atoms with Crippen molar-refractivity contribution in [2.75, 3.05) is 39.8 Å². The standard InChI is InChI=1S/C16H28N2O2/c1-15(3-4-15)14(20)18-9-6-16(7-10-18)5-8-17(2)11-13(16)12-19/h13,19H,3-12H2,1-2H3. The molecule has 2 aliphatic heterocycles. The zero-order chi connectivity index (χ0) is 14.4. The highest BCUT2D eigenvalue weighted by Gasteiger charge is 2.50. The predicted octanol–water partition coefficient (Wildman–Crippen LogP) is 1.34. The monoisotopic (exact) mass is 280 g/mol. The van der Waals surface area contributed by atoms with Crippen molar-refractivity contribution in [2.45, 2.75) is 39.0 Å². The summed E-state index contributed by atoms with van der Waals surface area (Å²) < 4.78 is 0. The Labute approximate surface area is 122 Å². The lowest BCUT2D eigenvalue weighted by Crippen LogP contribution is -2.54. The highest BCUT2D eigenvalue weighted by molar-refractivity contribution is 5.85. The molecule has 0 aromatic heterocycles. The number of rotatable bonds is 2. The Morgan fingerprint density at radius 3 is 2.30 bits per heavy atom. The van der Waals surface area contributed by atoms with Crippen molar-refractivity contribution in [3.8, 4) is 0 Å².